The van der Waals surface area contributed by atoms with E-state index in [0.29, 0.717) is 25.7 Å². The minimum atomic E-state index is -5.63. The van der Waals surface area contributed by atoms with Gasteiger partial charge in [-0.05, 0) is 56.3 Å². The number of aliphatic hydroxyl groups is 1. The van der Waals surface area contributed by atoms with Crippen LogP contribution in [0.5, 0.6) is 0 Å². The van der Waals surface area contributed by atoms with E-state index in [2.05, 4.69) is 4.74 Å². The summed E-state index contributed by atoms with van der Waals surface area (Å²) in [5.41, 5.74) is -1.74. The molecule has 0 amide bonds. The lowest BCUT2D eigenvalue weighted by molar-refractivity contribution is -0.217. The summed E-state index contributed by atoms with van der Waals surface area (Å²) in [6.07, 6.45) is 3.49. The summed E-state index contributed by atoms with van der Waals surface area (Å²) in [5, 5.41) is 6.36. The Morgan fingerprint density at radius 3 is 2.25 bits per heavy atom. The molecule has 9 heteroatoms. The third-order valence-electron chi connectivity index (χ3n) is 6.35. The van der Waals surface area contributed by atoms with Crippen molar-refractivity contribution < 1.29 is 36.4 Å². The van der Waals surface area contributed by atoms with Gasteiger partial charge in [-0.1, -0.05) is 6.92 Å². The smallest absolute Gasteiger partial charge is 0.402 e. The maximum Gasteiger partial charge on any atom is 0.402 e. The van der Waals surface area contributed by atoms with Crippen LogP contribution in [0.3, 0.4) is 0 Å². The van der Waals surface area contributed by atoms with Crippen molar-refractivity contribution in [3.63, 3.8) is 0 Å². The highest BCUT2D eigenvalue weighted by Gasteiger charge is 2.64. The van der Waals surface area contributed by atoms with Crippen molar-refractivity contribution in [2.75, 3.05) is 6.61 Å². The number of ether oxygens (including phenoxy) is 1. The highest BCUT2D eigenvalue weighted by molar-refractivity contribution is 7.86. The van der Waals surface area contributed by atoms with Crippen molar-refractivity contribution >= 4 is 16.1 Å². The average molecular weight is 368 g/mol. The number of esters is 1. The van der Waals surface area contributed by atoms with Crippen LogP contribution < -0.4 is 0 Å². The maximum absolute atomic E-state index is 13.3. The van der Waals surface area contributed by atoms with Crippen molar-refractivity contribution in [1.82, 2.24) is 0 Å². The summed E-state index contributed by atoms with van der Waals surface area (Å²) in [4.78, 5) is 12.5. The Hall–Kier alpha value is -0.800. The molecule has 4 aliphatic rings. The van der Waals surface area contributed by atoms with Crippen molar-refractivity contribution in [1.29, 1.82) is 0 Å². The predicted molar refractivity (Wildman–Crippen MR) is 78.7 cm³/mol. The molecule has 4 fully saturated rings. The molecule has 0 saturated heterocycles. The molecule has 2 N–H and O–H groups in total. The molecule has 24 heavy (non-hydrogen) atoms. The molecular weight excluding hydrogens is 346 g/mol. The first kappa shape index (κ1) is 18.0. The molecule has 0 aromatic carbocycles. The highest BCUT2D eigenvalue weighted by atomic mass is 32.2. The Morgan fingerprint density at radius 1 is 1.25 bits per heavy atom. The third-order valence-corrected chi connectivity index (χ3v) is 7.22. The van der Waals surface area contributed by atoms with Gasteiger partial charge in [0.05, 0.1) is 11.0 Å². The van der Waals surface area contributed by atoms with Gasteiger partial charge in [0.1, 0.15) is 0 Å². The molecule has 0 radical (unpaired) electrons. The van der Waals surface area contributed by atoms with Gasteiger partial charge < -0.3 is 9.84 Å². The summed E-state index contributed by atoms with van der Waals surface area (Å²) < 4.78 is 60.9. The lowest BCUT2D eigenvalue weighted by Crippen LogP contribution is -2.63. The van der Waals surface area contributed by atoms with Gasteiger partial charge in [0.2, 0.25) is 0 Å². The average Bonchev–Trinajstić information content (AvgIpc) is 2.48. The van der Waals surface area contributed by atoms with E-state index in [-0.39, 0.29) is 17.8 Å². The molecule has 0 heterocycles. The molecule has 2 unspecified atom stereocenters. The Morgan fingerprint density at radius 2 is 1.79 bits per heavy atom. The summed E-state index contributed by atoms with van der Waals surface area (Å²) in [6, 6.07) is 0. The van der Waals surface area contributed by atoms with Gasteiger partial charge in [0, 0.05) is 0 Å². The monoisotopic (exact) mass is 368 g/mol. The normalized spacial score (nSPS) is 41.5. The Kier molecular flexibility index (Phi) is 4.01. The Bertz CT molecular complexity index is 630. The van der Waals surface area contributed by atoms with E-state index >= 15 is 0 Å². The SMILES string of the molecule is CCC1(O)C2CC3CC1CC(C(=O)OCC(F)(F)S(=O)(=O)O)(C3)C2. The largest absolute Gasteiger partial charge is 0.458 e. The van der Waals surface area contributed by atoms with E-state index in [1.54, 1.807) is 0 Å². The minimum absolute atomic E-state index is 0.0663. The zero-order valence-electron chi connectivity index (χ0n) is 13.4. The quantitative estimate of drug-likeness (QED) is 0.568. The van der Waals surface area contributed by atoms with E-state index in [4.69, 9.17) is 4.55 Å². The fourth-order valence-corrected chi connectivity index (χ4v) is 5.49. The first-order valence-electron chi connectivity index (χ1n) is 8.18. The lowest BCUT2D eigenvalue weighted by atomic mass is 9.44. The fourth-order valence-electron chi connectivity index (χ4n) is 5.28. The van der Waals surface area contributed by atoms with E-state index in [1.807, 2.05) is 6.92 Å². The number of hydrogen-bond acceptors (Lipinski definition) is 5. The topological polar surface area (TPSA) is 101 Å². The molecule has 138 valence electrons. The van der Waals surface area contributed by atoms with Crippen molar-refractivity contribution in [3.05, 3.63) is 0 Å². The Labute approximate surface area is 139 Å². The minimum Gasteiger partial charge on any atom is -0.458 e. The first-order valence-corrected chi connectivity index (χ1v) is 9.62. The summed E-state index contributed by atoms with van der Waals surface area (Å²) in [5.74, 6) is -0.723. The Balaban J connectivity index is 1.75. The second-order valence-electron chi connectivity index (χ2n) is 7.66. The van der Waals surface area contributed by atoms with Crippen LogP contribution in [0.15, 0.2) is 0 Å². The second kappa shape index (κ2) is 5.35. The van der Waals surface area contributed by atoms with Gasteiger partial charge in [-0.2, -0.15) is 17.2 Å². The molecule has 4 saturated carbocycles. The molecule has 4 aliphatic carbocycles. The number of rotatable bonds is 5. The van der Waals surface area contributed by atoms with Crippen molar-refractivity contribution in [2.24, 2.45) is 23.2 Å². The van der Waals surface area contributed by atoms with Gasteiger partial charge >= 0.3 is 21.3 Å². The van der Waals surface area contributed by atoms with Gasteiger partial charge in [-0.25, -0.2) is 0 Å². The summed E-state index contributed by atoms with van der Waals surface area (Å²) in [6.45, 7) is 0.213. The molecular formula is C15H22F2O6S. The van der Waals surface area contributed by atoms with Crippen LogP contribution in [-0.2, 0) is 19.6 Å². The zero-order chi connectivity index (χ0) is 18.0. The lowest BCUT2D eigenvalue weighted by Gasteiger charge is -2.62. The first-order chi connectivity index (χ1) is 10.9. The van der Waals surface area contributed by atoms with Gasteiger partial charge in [0.15, 0.2) is 6.61 Å². The summed E-state index contributed by atoms with van der Waals surface area (Å²) >= 11 is 0. The number of carbonyl (C=O) groups excluding carboxylic acids is 1. The molecule has 0 aliphatic heterocycles. The van der Waals surface area contributed by atoms with Gasteiger partial charge in [-0.3, -0.25) is 9.35 Å². The van der Waals surface area contributed by atoms with Gasteiger partial charge in [0.25, 0.3) is 0 Å². The van der Waals surface area contributed by atoms with Crippen LogP contribution >= 0.6 is 0 Å². The van der Waals surface area contributed by atoms with Crippen molar-refractivity contribution in [2.45, 2.75) is 56.3 Å². The molecule has 4 bridgehead atoms. The number of hydrogen-bond donors (Lipinski definition) is 2. The fraction of sp³-hybridized carbons (Fsp3) is 0.933. The molecule has 4 rings (SSSR count). The van der Waals surface area contributed by atoms with Crippen LogP contribution in [0.1, 0.15) is 45.4 Å². The molecule has 6 nitrogen and oxygen atoms in total. The van der Waals surface area contributed by atoms with Crippen molar-refractivity contribution in [3.8, 4) is 0 Å². The zero-order valence-corrected chi connectivity index (χ0v) is 14.2. The van der Waals surface area contributed by atoms with Crippen LogP contribution in [0.2, 0.25) is 0 Å². The molecule has 0 aromatic rings. The number of alkyl halides is 2. The van der Waals surface area contributed by atoms with E-state index in [1.165, 1.54) is 0 Å². The second-order valence-corrected chi connectivity index (χ2v) is 9.20. The third kappa shape index (κ3) is 2.55. The highest BCUT2D eigenvalue weighted by Crippen LogP contribution is 2.64. The molecule has 0 spiro atoms. The van der Waals surface area contributed by atoms with Crippen LogP contribution in [0.4, 0.5) is 8.78 Å². The molecule has 2 atom stereocenters. The predicted octanol–water partition coefficient (Wildman–Crippen LogP) is 1.98. The van der Waals surface area contributed by atoms with E-state index in [0.717, 1.165) is 12.8 Å². The maximum atomic E-state index is 13.3. The van der Waals surface area contributed by atoms with Crippen LogP contribution in [0, 0.1) is 23.2 Å². The van der Waals surface area contributed by atoms with E-state index in [9.17, 15) is 27.1 Å². The molecule has 0 aromatic heterocycles. The van der Waals surface area contributed by atoms with E-state index < -0.39 is 39.0 Å². The van der Waals surface area contributed by atoms with Gasteiger partial charge in [-0.15, -0.1) is 0 Å². The number of halogens is 2. The number of carbonyl (C=O) groups is 1. The van der Waals surface area contributed by atoms with Crippen LogP contribution in [0.25, 0.3) is 0 Å². The summed E-state index contributed by atoms with van der Waals surface area (Å²) in [7, 11) is -5.63. The van der Waals surface area contributed by atoms with Crippen LogP contribution in [-0.4, -0.2) is 41.5 Å². The standard InChI is InChI=1S/C15H22F2O6S/c1-2-14(19)10-3-9-4-11(14)7-13(5-9,6-10)12(18)23-8-15(16,17)24(20,21)22/h9-11,19H,2-8H2,1H3,(H,20,21,22).